The summed E-state index contributed by atoms with van der Waals surface area (Å²) in [5.41, 5.74) is 7.97. The zero-order valence-corrected chi connectivity index (χ0v) is 6.17. The maximum atomic E-state index is 7.26. The summed E-state index contributed by atoms with van der Waals surface area (Å²) in [5.74, 6) is 0.495. The van der Waals surface area contributed by atoms with E-state index in [2.05, 4.69) is 6.07 Å². The van der Waals surface area contributed by atoms with Crippen molar-refractivity contribution in [1.82, 2.24) is 0 Å². The lowest BCUT2D eigenvalue weighted by Crippen LogP contribution is -2.29. The van der Waals surface area contributed by atoms with Gasteiger partial charge in [-0.1, -0.05) is 24.3 Å². The Kier molecular flexibility index (Phi) is 1.22. The van der Waals surface area contributed by atoms with E-state index >= 15 is 0 Å². The van der Waals surface area contributed by atoms with Gasteiger partial charge in [0.05, 0.1) is 5.84 Å². The van der Waals surface area contributed by atoms with Crippen molar-refractivity contribution >= 4 is 5.84 Å². The van der Waals surface area contributed by atoms with Gasteiger partial charge in [-0.05, 0) is 17.5 Å². The highest BCUT2D eigenvalue weighted by atomic mass is 14.7. The molecule has 1 aliphatic carbocycles. The molecule has 11 heavy (non-hydrogen) atoms. The maximum Gasteiger partial charge on any atom is 0.0985 e. The molecule has 1 aromatic carbocycles. The first-order chi connectivity index (χ1) is 5.29. The predicted octanol–water partition coefficient (Wildman–Crippen LogP) is 1.26. The van der Waals surface area contributed by atoms with Crippen molar-refractivity contribution in [3.8, 4) is 0 Å². The Morgan fingerprint density at radius 3 is 2.82 bits per heavy atom. The highest BCUT2D eigenvalue weighted by Crippen LogP contribution is 2.34. The third-order valence-electron chi connectivity index (χ3n) is 2.23. The Balaban J connectivity index is 2.36. The molecule has 0 bridgehead atoms. The quantitative estimate of drug-likeness (QED) is 0.455. The molecule has 0 saturated heterocycles. The third kappa shape index (κ3) is 0.827. The minimum atomic E-state index is 0.200. The summed E-state index contributed by atoms with van der Waals surface area (Å²) in [5, 5.41) is 7.26. The number of nitrogens with two attached hydrogens (primary N) is 1. The highest BCUT2D eigenvalue weighted by Gasteiger charge is 2.27. The second kappa shape index (κ2) is 2.09. The molecule has 0 aromatic heterocycles. The van der Waals surface area contributed by atoms with Crippen LogP contribution in [0, 0.1) is 5.41 Å². The first kappa shape index (κ1) is 6.40. The number of rotatable bonds is 1. The van der Waals surface area contributed by atoms with Crippen molar-refractivity contribution < 1.29 is 0 Å². The third-order valence-corrected chi connectivity index (χ3v) is 2.23. The standard InChI is InChI=1S/C9H10N2/c10-9(11)8-5-6-3-1-2-4-7(6)8/h1-4,8H,5H2,(H3,10,11)/t8-/m1/s1. The van der Waals surface area contributed by atoms with Crippen molar-refractivity contribution in [2.24, 2.45) is 5.73 Å². The van der Waals surface area contributed by atoms with Gasteiger partial charge in [0.1, 0.15) is 0 Å². The van der Waals surface area contributed by atoms with Gasteiger partial charge >= 0.3 is 0 Å². The Morgan fingerprint density at radius 1 is 1.45 bits per heavy atom. The van der Waals surface area contributed by atoms with Crippen molar-refractivity contribution in [2.45, 2.75) is 12.3 Å². The summed E-state index contributed by atoms with van der Waals surface area (Å²) in [6, 6.07) is 8.16. The molecule has 0 unspecified atom stereocenters. The van der Waals surface area contributed by atoms with Crippen molar-refractivity contribution in [3.05, 3.63) is 35.4 Å². The van der Waals surface area contributed by atoms with Gasteiger partial charge in [-0.25, -0.2) is 0 Å². The Bertz CT molecular complexity index is 304. The Morgan fingerprint density at radius 2 is 2.18 bits per heavy atom. The average molecular weight is 146 g/mol. The number of nitrogens with one attached hydrogen (secondary N) is 1. The smallest absolute Gasteiger partial charge is 0.0985 e. The molecule has 0 saturated carbocycles. The van der Waals surface area contributed by atoms with Gasteiger partial charge in [0, 0.05) is 5.92 Å². The minimum Gasteiger partial charge on any atom is -0.387 e. The van der Waals surface area contributed by atoms with Gasteiger partial charge < -0.3 is 5.73 Å². The van der Waals surface area contributed by atoms with Crippen LogP contribution in [0.5, 0.6) is 0 Å². The van der Waals surface area contributed by atoms with E-state index in [1.54, 1.807) is 0 Å². The summed E-state index contributed by atoms with van der Waals surface area (Å²) in [6.07, 6.45) is 0.950. The molecule has 0 spiro atoms. The molecule has 0 radical (unpaired) electrons. The van der Waals surface area contributed by atoms with Gasteiger partial charge in [-0.2, -0.15) is 0 Å². The normalized spacial score (nSPS) is 20.2. The van der Waals surface area contributed by atoms with Crippen LogP contribution in [-0.2, 0) is 6.42 Å². The lowest BCUT2D eigenvalue weighted by molar-refractivity contribution is 0.757. The van der Waals surface area contributed by atoms with E-state index in [4.69, 9.17) is 11.1 Å². The highest BCUT2D eigenvalue weighted by molar-refractivity contribution is 5.87. The first-order valence-corrected chi connectivity index (χ1v) is 3.71. The molecular weight excluding hydrogens is 136 g/mol. The molecule has 3 N–H and O–H groups in total. The topological polar surface area (TPSA) is 49.9 Å². The fraction of sp³-hybridized carbons (Fsp3) is 0.222. The van der Waals surface area contributed by atoms with Crippen molar-refractivity contribution in [1.29, 1.82) is 5.41 Å². The summed E-state index contributed by atoms with van der Waals surface area (Å²) in [7, 11) is 0. The zero-order chi connectivity index (χ0) is 7.84. The van der Waals surface area contributed by atoms with Gasteiger partial charge in [-0.15, -0.1) is 0 Å². The van der Waals surface area contributed by atoms with Crippen LogP contribution >= 0.6 is 0 Å². The van der Waals surface area contributed by atoms with Gasteiger partial charge in [0.25, 0.3) is 0 Å². The number of hydrogen-bond donors (Lipinski definition) is 2. The Hall–Kier alpha value is -1.31. The molecule has 56 valence electrons. The maximum absolute atomic E-state index is 7.26. The second-order valence-corrected chi connectivity index (χ2v) is 2.91. The van der Waals surface area contributed by atoms with Gasteiger partial charge in [-0.3, -0.25) is 5.41 Å². The van der Waals surface area contributed by atoms with Crippen LogP contribution in [0.15, 0.2) is 24.3 Å². The molecule has 2 heteroatoms. The summed E-state index contributed by atoms with van der Waals surface area (Å²) in [4.78, 5) is 0. The van der Waals surface area contributed by atoms with E-state index in [-0.39, 0.29) is 5.92 Å². The molecule has 1 aromatic rings. The number of fused-ring (bicyclic) bond motifs is 1. The molecule has 0 amide bonds. The van der Waals surface area contributed by atoms with E-state index in [9.17, 15) is 0 Å². The molecule has 1 atom stereocenters. The lowest BCUT2D eigenvalue weighted by Gasteiger charge is -2.28. The molecule has 1 aliphatic rings. The van der Waals surface area contributed by atoms with Crippen LogP contribution in [-0.4, -0.2) is 5.84 Å². The summed E-state index contributed by atoms with van der Waals surface area (Å²) >= 11 is 0. The SMILES string of the molecule is N=C(N)[C@@H]1Cc2ccccc21. The molecule has 2 nitrogen and oxygen atoms in total. The second-order valence-electron chi connectivity index (χ2n) is 2.91. The zero-order valence-electron chi connectivity index (χ0n) is 6.17. The van der Waals surface area contributed by atoms with Crippen LogP contribution in [0.3, 0.4) is 0 Å². The van der Waals surface area contributed by atoms with Crippen molar-refractivity contribution in [2.75, 3.05) is 0 Å². The number of hydrogen-bond acceptors (Lipinski definition) is 1. The summed E-state index contributed by atoms with van der Waals surface area (Å²) in [6.45, 7) is 0. The average Bonchev–Trinajstić information content (AvgIpc) is 1.90. The van der Waals surface area contributed by atoms with E-state index in [0.717, 1.165) is 6.42 Å². The van der Waals surface area contributed by atoms with Gasteiger partial charge in [0.15, 0.2) is 0 Å². The van der Waals surface area contributed by atoms with E-state index in [1.807, 2.05) is 18.2 Å². The lowest BCUT2D eigenvalue weighted by atomic mass is 9.77. The first-order valence-electron chi connectivity index (χ1n) is 3.71. The summed E-state index contributed by atoms with van der Waals surface area (Å²) < 4.78 is 0. The van der Waals surface area contributed by atoms with Crippen molar-refractivity contribution in [3.63, 3.8) is 0 Å². The minimum absolute atomic E-state index is 0.200. The van der Waals surface area contributed by atoms with Crippen LogP contribution < -0.4 is 5.73 Å². The number of benzene rings is 1. The molecule has 0 fully saturated rings. The Labute approximate surface area is 65.5 Å². The van der Waals surface area contributed by atoms with Crippen LogP contribution in [0.1, 0.15) is 17.0 Å². The van der Waals surface area contributed by atoms with E-state index in [0.29, 0.717) is 5.84 Å². The molecule has 0 aliphatic heterocycles. The fourth-order valence-corrected chi connectivity index (χ4v) is 1.54. The fourth-order valence-electron chi connectivity index (χ4n) is 1.54. The van der Waals surface area contributed by atoms with Crippen LogP contribution in [0.4, 0.5) is 0 Å². The largest absolute Gasteiger partial charge is 0.387 e. The molecule has 0 heterocycles. The monoisotopic (exact) mass is 146 g/mol. The molecule has 2 rings (SSSR count). The van der Waals surface area contributed by atoms with Crippen LogP contribution in [0.2, 0.25) is 0 Å². The molecular formula is C9H10N2. The van der Waals surface area contributed by atoms with E-state index in [1.165, 1.54) is 11.1 Å². The predicted molar refractivity (Wildman–Crippen MR) is 44.8 cm³/mol. The van der Waals surface area contributed by atoms with Crippen LogP contribution in [0.25, 0.3) is 0 Å². The van der Waals surface area contributed by atoms with E-state index < -0.39 is 0 Å². The van der Waals surface area contributed by atoms with Gasteiger partial charge in [0.2, 0.25) is 0 Å². The number of amidine groups is 1.